The average molecular weight is 364 g/mol. The topological polar surface area (TPSA) is 97.0 Å². The maximum absolute atomic E-state index is 12.4. The zero-order chi connectivity index (χ0) is 18.8. The van der Waals surface area contributed by atoms with Crippen LogP contribution in [0.15, 0.2) is 41.2 Å². The monoisotopic (exact) mass is 364 g/mol. The minimum absolute atomic E-state index is 0.0135. The van der Waals surface area contributed by atoms with Gasteiger partial charge in [-0.15, -0.1) is 0 Å². The number of nitrogens with one attached hydrogen (secondary N) is 1. The number of rotatable bonds is 4. The lowest BCUT2D eigenvalue weighted by atomic mass is 10.2. The van der Waals surface area contributed by atoms with E-state index in [-0.39, 0.29) is 11.9 Å². The normalized spacial score (nSPS) is 16.5. The number of hydrogen-bond acceptors (Lipinski definition) is 7. The van der Waals surface area contributed by atoms with E-state index in [1.54, 1.807) is 32.4 Å². The summed E-state index contributed by atoms with van der Waals surface area (Å²) >= 11 is 0. The van der Waals surface area contributed by atoms with Gasteiger partial charge in [0.15, 0.2) is 11.6 Å². The van der Waals surface area contributed by atoms with Gasteiger partial charge in [0.25, 0.3) is 5.91 Å². The molecule has 0 aromatic carbocycles. The lowest BCUT2D eigenvalue weighted by Crippen LogP contribution is -2.37. The summed E-state index contributed by atoms with van der Waals surface area (Å²) in [5.74, 6) is 1.47. The summed E-state index contributed by atoms with van der Waals surface area (Å²) in [4.78, 5) is 31.8. The van der Waals surface area contributed by atoms with Crippen molar-refractivity contribution < 1.29 is 9.21 Å². The highest BCUT2D eigenvalue weighted by Gasteiger charge is 2.27. The summed E-state index contributed by atoms with van der Waals surface area (Å²) in [6.45, 7) is 4.90. The molecule has 1 aliphatic heterocycles. The van der Waals surface area contributed by atoms with E-state index in [4.69, 9.17) is 4.42 Å². The summed E-state index contributed by atoms with van der Waals surface area (Å²) < 4.78 is 5.34. The first-order chi connectivity index (χ1) is 13.1. The minimum atomic E-state index is -0.207. The number of hydrogen-bond donors (Lipinski definition) is 1. The number of carbonyl (C=O) groups excluding carboxylic acids is 1. The van der Waals surface area contributed by atoms with Crippen LogP contribution in [0.5, 0.6) is 0 Å². The van der Waals surface area contributed by atoms with Gasteiger partial charge in [-0.1, -0.05) is 0 Å². The number of carbonyl (C=O) groups is 1. The predicted molar refractivity (Wildman–Crippen MR) is 99.3 cm³/mol. The number of aryl methyl sites for hydroxylation is 2. The third-order valence-corrected chi connectivity index (χ3v) is 4.53. The van der Waals surface area contributed by atoms with Gasteiger partial charge in [0.1, 0.15) is 5.76 Å². The van der Waals surface area contributed by atoms with E-state index in [1.165, 1.54) is 0 Å². The number of anilines is 1. The standard InChI is InChI=1S/C19H20N6O2/c1-12-17(22-13(2)27-12)18(26)23-15-6-9-25(11-15)19-21-8-5-16(24-19)14-4-3-7-20-10-14/h3-5,7-8,10,15H,6,9,11H2,1-2H3,(H,23,26). The quantitative estimate of drug-likeness (QED) is 0.757. The molecule has 3 aromatic rings. The van der Waals surface area contributed by atoms with E-state index in [0.29, 0.717) is 29.8 Å². The molecular formula is C19H20N6O2. The van der Waals surface area contributed by atoms with Gasteiger partial charge in [0.2, 0.25) is 5.95 Å². The van der Waals surface area contributed by atoms with Gasteiger partial charge in [-0.2, -0.15) is 0 Å². The molecule has 4 heterocycles. The highest BCUT2D eigenvalue weighted by molar-refractivity contribution is 5.93. The van der Waals surface area contributed by atoms with Gasteiger partial charge in [0.05, 0.1) is 5.69 Å². The Morgan fingerprint density at radius 1 is 1.26 bits per heavy atom. The Morgan fingerprint density at radius 2 is 2.15 bits per heavy atom. The van der Waals surface area contributed by atoms with Crippen molar-refractivity contribution in [3.8, 4) is 11.3 Å². The largest absolute Gasteiger partial charge is 0.445 e. The van der Waals surface area contributed by atoms with Crippen LogP contribution in [0.1, 0.15) is 28.6 Å². The molecular weight excluding hydrogens is 344 g/mol. The first-order valence-electron chi connectivity index (χ1n) is 8.83. The SMILES string of the molecule is Cc1nc(C(=O)NC2CCN(c3nccc(-c4cccnc4)n3)C2)c(C)o1. The van der Waals surface area contributed by atoms with Crippen molar-refractivity contribution in [3.63, 3.8) is 0 Å². The second-order valence-electron chi connectivity index (χ2n) is 6.53. The Morgan fingerprint density at radius 3 is 2.89 bits per heavy atom. The molecule has 1 fully saturated rings. The van der Waals surface area contributed by atoms with Crippen LogP contribution in [-0.2, 0) is 0 Å². The highest BCUT2D eigenvalue weighted by Crippen LogP contribution is 2.21. The van der Waals surface area contributed by atoms with Crippen LogP contribution >= 0.6 is 0 Å². The molecule has 8 heteroatoms. The van der Waals surface area contributed by atoms with Gasteiger partial charge in [0, 0.05) is 50.2 Å². The number of pyridine rings is 1. The first kappa shape index (κ1) is 17.1. The molecule has 0 aliphatic carbocycles. The molecule has 0 spiro atoms. The predicted octanol–water partition coefficient (Wildman–Crippen LogP) is 2.15. The highest BCUT2D eigenvalue weighted by atomic mass is 16.4. The van der Waals surface area contributed by atoms with Crippen LogP contribution in [0, 0.1) is 13.8 Å². The Balaban J connectivity index is 1.44. The van der Waals surface area contributed by atoms with Gasteiger partial charge in [-0.3, -0.25) is 9.78 Å². The van der Waals surface area contributed by atoms with E-state index in [0.717, 1.165) is 24.2 Å². The molecule has 4 rings (SSSR count). The Kier molecular flexibility index (Phi) is 4.53. The molecule has 1 amide bonds. The molecule has 3 aromatic heterocycles. The van der Waals surface area contributed by atoms with Crippen molar-refractivity contribution in [2.24, 2.45) is 0 Å². The zero-order valence-electron chi connectivity index (χ0n) is 15.2. The number of nitrogens with zero attached hydrogens (tertiary/aromatic N) is 5. The molecule has 0 bridgehead atoms. The lowest BCUT2D eigenvalue weighted by molar-refractivity contribution is 0.0934. The molecule has 1 atom stereocenters. The van der Waals surface area contributed by atoms with Crippen molar-refractivity contribution in [1.82, 2.24) is 25.3 Å². The van der Waals surface area contributed by atoms with Crippen LogP contribution in [0.3, 0.4) is 0 Å². The number of amides is 1. The van der Waals surface area contributed by atoms with Crippen molar-refractivity contribution in [2.75, 3.05) is 18.0 Å². The van der Waals surface area contributed by atoms with Crippen molar-refractivity contribution >= 4 is 11.9 Å². The molecule has 8 nitrogen and oxygen atoms in total. The fourth-order valence-corrected chi connectivity index (χ4v) is 3.23. The fourth-order valence-electron chi connectivity index (χ4n) is 3.23. The van der Waals surface area contributed by atoms with E-state index in [1.807, 2.05) is 18.2 Å². The summed E-state index contributed by atoms with van der Waals surface area (Å²) in [6.07, 6.45) is 6.08. The van der Waals surface area contributed by atoms with Crippen LogP contribution in [0.4, 0.5) is 5.95 Å². The van der Waals surface area contributed by atoms with E-state index >= 15 is 0 Å². The summed E-state index contributed by atoms with van der Waals surface area (Å²) in [5, 5.41) is 3.03. The molecule has 1 aliphatic rings. The zero-order valence-corrected chi connectivity index (χ0v) is 15.2. The fraction of sp³-hybridized carbons (Fsp3) is 0.316. The Hall–Kier alpha value is -3.29. The first-order valence-corrected chi connectivity index (χ1v) is 8.83. The van der Waals surface area contributed by atoms with Gasteiger partial charge in [-0.05, 0) is 31.5 Å². The summed E-state index contributed by atoms with van der Waals surface area (Å²) in [6, 6.07) is 5.73. The molecule has 0 saturated carbocycles. The van der Waals surface area contributed by atoms with E-state index in [2.05, 4.69) is 30.2 Å². The lowest BCUT2D eigenvalue weighted by Gasteiger charge is -2.17. The van der Waals surface area contributed by atoms with Crippen LogP contribution < -0.4 is 10.2 Å². The third kappa shape index (κ3) is 3.64. The summed E-state index contributed by atoms with van der Waals surface area (Å²) in [5.41, 5.74) is 2.12. The molecule has 27 heavy (non-hydrogen) atoms. The second kappa shape index (κ2) is 7.14. The maximum atomic E-state index is 12.4. The molecule has 0 radical (unpaired) electrons. The maximum Gasteiger partial charge on any atom is 0.273 e. The van der Waals surface area contributed by atoms with Crippen LogP contribution in [0.2, 0.25) is 0 Å². The van der Waals surface area contributed by atoms with E-state index in [9.17, 15) is 4.79 Å². The Bertz CT molecular complexity index is 956. The second-order valence-corrected chi connectivity index (χ2v) is 6.53. The van der Waals surface area contributed by atoms with Gasteiger partial charge >= 0.3 is 0 Å². The average Bonchev–Trinajstić information content (AvgIpc) is 3.28. The van der Waals surface area contributed by atoms with Gasteiger partial charge < -0.3 is 14.6 Å². The molecule has 1 saturated heterocycles. The van der Waals surface area contributed by atoms with Crippen LogP contribution in [0.25, 0.3) is 11.3 Å². The van der Waals surface area contributed by atoms with Gasteiger partial charge in [-0.25, -0.2) is 15.0 Å². The van der Waals surface area contributed by atoms with E-state index < -0.39 is 0 Å². The third-order valence-electron chi connectivity index (χ3n) is 4.53. The summed E-state index contributed by atoms with van der Waals surface area (Å²) in [7, 11) is 0. The molecule has 138 valence electrons. The molecule has 1 unspecified atom stereocenters. The minimum Gasteiger partial charge on any atom is -0.445 e. The molecule has 1 N–H and O–H groups in total. The van der Waals surface area contributed by atoms with Crippen molar-refractivity contribution in [1.29, 1.82) is 0 Å². The van der Waals surface area contributed by atoms with Crippen LogP contribution in [-0.4, -0.2) is 45.0 Å². The Labute approximate surface area is 156 Å². The van der Waals surface area contributed by atoms with Crippen molar-refractivity contribution in [3.05, 3.63) is 54.1 Å². The number of aromatic nitrogens is 4. The number of oxazole rings is 1. The smallest absolute Gasteiger partial charge is 0.273 e. The van der Waals surface area contributed by atoms with Crippen molar-refractivity contribution in [2.45, 2.75) is 26.3 Å².